The van der Waals surface area contributed by atoms with Gasteiger partial charge in [-0.2, -0.15) is 0 Å². The summed E-state index contributed by atoms with van der Waals surface area (Å²) in [6.07, 6.45) is 6.74. The second kappa shape index (κ2) is 6.67. The summed E-state index contributed by atoms with van der Waals surface area (Å²) in [6.45, 7) is 1.89. The van der Waals surface area contributed by atoms with Crippen LogP contribution in [0, 0.1) is 0 Å². The molecule has 0 radical (unpaired) electrons. The molecule has 0 N–H and O–H groups in total. The summed E-state index contributed by atoms with van der Waals surface area (Å²) >= 11 is 0. The highest BCUT2D eigenvalue weighted by Crippen LogP contribution is 1.90. The molecule has 0 heterocycles. The van der Waals surface area contributed by atoms with Crippen LogP contribution in [0.5, 0.6) is 0 Å². The first kappa shape index (κ1) is 7.67. The maximum atomic E-state index is 11.4. The molecule has 8 heavy (non-hydrogen) atoms. The van der Waals surface area contributed by atoms with Crippen LogP contribution in [-0.4, -0.2) is 6.67 Å². The molecule has 0 aliphatic rings. The van der Waals surface area contributed by atoms with Gasteiger partial charge in [-0.1, -0.05) is 25.5 Å². The van der Waals surface area contributed by atoms with Gasteiger partial charge in [0.15, 0.2) is 0 Å². The van der Waals surface area contributed by atoms with E-state index in [2.05, 4.69) is 6.92 Å². The standard InChI is InChI=1S/C7H13F/c1-2-3-4-5-6-7-8/h4-5H,2-3,6-7H2,1H3. The Kier molecular flexibility index (Phi) is 6.39. The summed E-state index contributed by atoms with van der Waals surface area (Å²) in [5.74, 6) is 0. The van der Waals surface area contributed by atoms with Crippen molar-refractivity contribution >= 4 is 0 Å². The van der Waals surface area contributed by atoms with Crippen LogP contribution in [0.15, 0.2) is 12.2 Å². The van der Waals surface area contributed by atoms with Crippen LogP contribution in [0.3, 0.4) is 0 Å². The number of unbranched alkanes of at least 4 members (excludes halogenated alkanes) is 1. The maximum Gasteiger partial charge on any atom is 0.0928 e. The number of alkyl halides is 1. The van der Waals surface area contributed by atoms with Crippen molar-refractivity contribution in [3.8, 4) is 0 Å². The van der Waals surface area contributed by atoms with Crippen molar-refractivity contribution in [2.45, 2.75) is 26.2 Å². The van der Waals surface area contributed by atoms with Crippen LogP contribution in [-0.2, 0) is 0 Å². The molecule has 0 atom stereocenters. The van der Waals surface area contributed by atoms with Gasteiger partial charge in [0, 0.05) is 0 Å². The smallest absolute Gasteiger partial charge is 0.0928 e. The summed E-state index contributed by atoms with van der Waals surface area (Å²) in [5, 5.41) is 0. The molecule has 0 unspecified atom stereocenters. The molecule has 0 bridgehead atoms. The Morgan fingerprint density at radius 2 is 1.88 bits per heavy atom. The first-order chi connectivity index (χ1) is 3.91. The van der Waals surface area contributed by atoms with E-state index in [1.165, 1.54) is 0 Å². The number of halogens is 1. The fraction of sp³-hybridized carbons (Fsp3) is 0.714. The van der Waals surface area contributed by atoms with Crippen molar-refractivity contribution in [2.75, 3.05) is 6.67 Å². The maximum absolute atomic E-state index is 11.4. The van der Waals surface area contributed by atoms with Gasteiger partial charge in [0.2, 0.25) is 0 Å². The lowest BCUT2D eigenvalue weighted by molar-refractivity contribution is 0.501. The van der Waals surface area contributed by atoms with Crippen molar-refractivity contribution in [2.24, 2.45) is 0 Å². The first-order valence-corrected chi connectivity index (χ1v) is 3.12. The number of rotatable bonds is 4. The van der Waals surface area contributed by atoms with E-state index in [0.717, 1.165) is 12.8 Å². The Labute approximate surface area is 50.4 Å². The summed E-state index contributed by atoms with van der Waals surface area (Å²) in [5.41, 5.74) is 0. The van der Waals surface area contributed by atoms with Crippen LogP contribution in [0.25, 0.3) is 0 Å². The highest BCUT2D eigenvalue weighted by Gasteiger charge is 1.74. The van der Waals surface area contributed by atoms with Crippen LogP contribution in [0.4, 0.5) is 4.39 Å². The molecule has 0 amide bonds. The predicted molar refractivity (Wildman–Crippen MR) is 34.6 cm³/mol. The quantitative estimate of drug-likeness (QED) is 0.495. The minimum atomic E-state index is -0.222. The molecule has 0 aromatic carbocycles. The van der Waals surface area contributed by atoms with Gasteiger partial charge >= 0.3 is 0 Å². The van der Waals surface area contributed by atoms with E-state index in [-0.39, 0.29) is 6.67 Å². The lowest BCUT2D eigenvalue weighted by Crippen LogP contribution is -1.67. The molecule has 0 aliphatic carbocycles. The molecular weight excluding hydrogens is 103 g/mol. The molecular formula is C7H13F. The fourth-order valence-corrected chi connectivity index (χ4v) is 0.465. The average Bonchev–Trinajstić information content (AvgIpc) is 1.81. The van der Waals surface area contributed by atoms with Gasteiger partial charge in [0.25, 0.3) is 0 Å². The van der Waals surface area contributed by atoms with E-state index in [9.17, 15) is 4.39 Å². The highest BCUT2D eigenvalue weighted by atomic mass is 19.1. The van der Waals surface area contributed by atoms with Crippen LogP contribution < -0.4 is 0 Å². The Balaban J connectivity index is 2.83. The van der Waals surface area contributed by atoms with Crippen molar-refractivity contribution < 1.29 is 4.39 Å². The lowest BCUT2D eigenvalue weighted by Gasteiger charge is -1.82. The minimum absolute atomic E-state index is 0.222. The van der Waals surface area contributed by atoms with Crippen molar-refractivity contribution in [1.82, 2.24) is 0 Å². The Bertz CT molecular complexity index is 49.4. The van der Waals surface area contributed by atoms with Crippen LogP contribution >= 0.6 is 0 Å². The van der Waals surface area contributed by atoms with E-state index in [1.807, 2.05) is 12.2 Å². The lowest BCUT2D eigenvalue weighted by atomic mass is 10.3. The first-order valence-electron chi connectivity index (χ1n) is 3.12. The molecule has 0 aromatic rings. The van der Waals surface area contributed by atoms with E-state index in [4.69, 9.17) is 0 Å². The Morgan fingerprint density at radius 1 is 1.25 bits per heavy atom. The van der Waals surface area contributed by atoms with E-state index < -0.39 is 0 Å². The summed E-state index contributed by atoms with van der Waals surface area (Å²) in [6, 6.07) is 0. The molecule has 0 saturated carbocycles. The van der Waals surface area contributed by atoms with Gasteiger partial charge in [-0.15, -0.1) is 0 Å². The Hall–Kier alpha value is -0.330. The molecule has 0 spiro atoms. The molecule has 0 rings (SSSR count). The zero-order chi connectivity index (χ0) is 6.24. The predicted octanol–water partition coefficient (Wildman–Crippen LogP) is 2.70. The summed E-state index contributed by atoms with van der Waals surface area (Å²) < 4.78 is 11.4. The monoisotopic (exact) mass is 116 g/mol. The van der Waals surface area contributed by atoms with Gasteiger partial charge in [0.05, 0.1) is 6.67 Å². The topological polar surface area (TPSA) is 0 Å². The van der Waals surface area contributed by atoms with Crippen molar-refractivity contribution in [3.63, 3.8) is 0 Å². The third-order valence-electron chi connectivity index (χ3n) is 0.898. The molecule has 0 fully saturated rings. The zero-order valence-electron chi connectivity index (χ0n) is 5.36. The molecule has 0 aromatic heterocycles. The number of hydrogen-bond donors (Lipinski definition) is 0. The van der Waals surface area contributed by atoms with Crippen molar-refractivity contribution in [1.29, 1.82) is 0 Å². The molecule has 48 valence electrons. The number of hydrogen-bond acceptors (Lipinski definition) is 0. The average molecular weight is 116 g/mol. The van der Waals surface area contributed by atoms with E-state index in [1.54, 1.807) is 0 Å². The van der Waals surface area contributed by atoms with Gasteiger partial charge < -0.3 is 0 Å². The zero-order valence-corrected chi connectivity index (χ0v) is 5.36. The fourth-order valence-electron chi connectivity index (χ4n) is 0.465. The van der Waals surface area contributed by atoms with Gasteiger partial charge in [-0.3, -0.25) is 4.39 Å². The van der Waals surface area contributed by atoms with Crippen LogP contribution in [0.2, 0.25) is 0 Å². The summed E-state index contributed by atoms with van der Waals surface area (Å²) in [4.78, 5) is 0. The third-order valence-corrected chi connectivity index (χ3v) is 0.898. The van der Waals surface area contributed by atoms with Gasteiger partial charge in [-0.25, -0.2) is 0 Å². The second-order valence-corrected chi connectivity index (χ2v) is 1.74. The third kappa shape index (κ3) is 5.67. The van der Waals surface area contributed by atoms with E-state index in [0.29, 0.717) is 6.42 Å². The van der Waals surface area contributed by atoms with E-state index >= 15 is 0 Å². The number of allylic oxidation sites excluding steroid dienone is 2. The van der Waals surface area contributed by atoms with Crippen molar-refractivity contribution in [3.05, 3.63) is 12.2 Å². The molecule has 1 heteroatoms. The van der Waals surface area contributed by atoms with Gasteiger partial charge in [-0.05, 0) is 12.8 Å². The molecule has 0 nitrogen and oxygen atoms in total. The normalized spacial score (nSPS) is 10.8. The SMILES string of the molecule is CCCC=CCCF. The van der Waals surface area contributed by atoms with Crippen LogP contribution in [0.1, 0.15) is 26.2 Å². The second-order valence-electron chi connectivity index (χ2n) is 1.74. The molecule has 0 aliphatic heterocycles. The summed E-state index contributed by atoms with van der Waals surface area (Å²) in [7, 11) is 0. The largest absolute Gasteiger partial charge is 0.251 e. The Morgan fingerprint density at radius 3 is 2.38 bits per heavy atom. The molecule has 0 saturated heterocycles. The van der Waals surface area contributed by atoms with Gasteiger partial charge in [0.1, 0.15) is 0 Å². The highest BCUT2D eigenvalue weighted by molar-refractivity contribution is 4.80. The minimum Gasteiger partial charge on any atom is -0.251 e.